The highest BCUT2D eigenvalue weighted by Crippen LogP contribution is 2.22. The molecule has 0 fully saturated rings. The van der Waals surface area contributed by atoms with Crippen molar-refractivity contribution in [1.82, 2.24) is 4.98 Å². The van der Waals surface area contributed by atoms with Gasteiger partial charge in [-0.15, -0.1) is 13.2 Å². The molecule has 0 aliphatic carbocycles. The van der Waals surface area contributed by atoms with Crippen molar-refractivity contribution in [3.63, 3.8) is 0 Å². The first-order valence-electron chi connectivity index (χ1n) is 3.98. The van der Waals surface area contributed by atoms with E-state index in [4.69, 9.17) is 10.5 Å². The van der Waals surface area contributed by atoms with Crippen LogP contribution in [0.3, 0.4) is 0 Å². The summed E-state index contributed by atoms with van der Waals surface area (Å²) in [5, 5.41) is 16.9. The van der Waals surface area contributed by atoms with Crippen LogP contribution in [0.25, 0.3) is 0 Å². The Morgan fingerprint density at radius 3 is 2.50 bits per heavy atom. The van der Waals surface area contributed by atoms with E-state index in [1.54, 1.807) is 12.1 Å². The van der Waals surface area contributed by atoms with Crippen LogP contribution >= 0.6 is 0 Å². The molecule has 82 valence electrons. The van der Waals surface area contributed by atoms with Gasteiger partial charge < -0.3 is 4.74 Å². The smallest absolute Gasteiger partial charge is 0.388 e. The highest BCUT2D eigenvalue weighted by Gasteiger charge is 2.32. The van der Waals surface area contributed by atoms with Gasteiger partial charge in [0.1, 0.15) is 11.8 Å². The molecule has 0 N–H and O–H groups in total. The molecule has 0 radical (unpaired) electrons. The Bertz CT molecular complexity index is 470. The molecule has 1 heterocycles. The van der Waals surface area contributed by atoms with Crippen LogP contribution in [-0.4, -0.2) is 11.3 Å². The highest BCUT2D eigenvalue weighted by atomic mass is 19.4. The predicted molar refractivity (Wildman–Crippen MR) is 45.0 cm³/mol. The lowest BCUT2D eigenvalue weighted by molar-refractivity contribution is -0.276. The minimum Gasteiger partial charge on any atom is -0.388 e. The standard InChI is InChI=1S/C9H4F3N3O/c10-9(11,12)16-8-4-6(1-2-13)3-7(5-14)15-8/h3-4H,1H2. The van der Waals surface area contributed by atoms with Gasteiger partial charge in [0.25, 0.3) is 0 Å². The molecule has 0 amide bonds. The van der Waals surface area contributed by atoms with E-state index in [-0.39, 0.29) is 17.7 Å². The molecule has 0 saturated heterocycles. The molecular weight excluding hydrogens is 223 g/mol. The Balaban J connectivity index is 3.06. The molecule has 16 heavy (non-hydrogen) atoms. The minimum absolute atomic E-state index is 0.120. The van der Waals surface area contributed by atoms with Crippen LogP contribution in [0.1, 0.15) is 11.3 Å². The Morgan fingerprint density at radius 1 is 1.31 bits per heavy atom. The van der Waals surface area contributed by atoms with E-state index in [1.165, 1.54) is 6.07 Å². The van der Waals surface area contributed by atoms with Crippen LogP contribution in [0.5, 0.6) is 5.88 Å². The second-order valence-electron chi connectivity index (χ2n) is 2.69. The molecule has 0 saturated carbocycles. The van der Waals surface area contributed by atoms with Crippen molar-refractivity contribution < 1.29 is 17.9 Å². The summed E-state index contributed by atoms with van der Waals surface area (Å²) in [4.78, 5) is 3.31. The lowest BCUT2D eigenvalue weighted by Gasteiger charge is -2.08. The van der Waals surface area contributed by atoms with Gasteiger partial charge in [-0.3, -0.25) is 0 Å². The number of nitrogens with zero attached hydrogens (tertiary/aromatic N) is 3. The lowest BCUT2D eigenvalue weighted by Crippen LogP contribution is -2.18. The second kappa shape index (κ2) is 4.49. The van der Waals surface area contributed by atoms with E-state index < -0.39 is 12.2 Å². The molecule has 0 spiro atoms. The van der Waals surface area contributed by atoms with Crippen LogP contribution in [0.15, 0.2) is 12.1 Å². The zero-order valence-corrected chi connectivity index (χ0v) is 7.75. The van der Waals surface area contributed by atoms with Crippen molar-refractivity contribution in [2.75, 3.05) is 0 Å². The van der Waals surface area contributed by atoms with E-state index in [0.29, 0.717) is 0 Å². The third-order valence-electron chi connectivity index (χ3n) is 1.48. The molecule has 0 unspecified atom stereocenters. The van der Waals surface area contributed by atoms with Gasteiger partial charge in [0, 0.05) is 6.07 Å². The summed E-state index contributed by atoms with van der Waals surface area (Å²) in [5.74, 6) is -0.739. The average molecular weight is 227 g/mol. The Labute approximate surface area is 88.5 Å². The van der Waals surface area contributed by atoms with Crippen LogP contribution < -0.4 is 4.74 Å². The molecule has 1 rings (SSSR count). The van der Waals surface area contributed by atoms with E-state index in [9.17, 15) is 13.2 Å². The average Bonchev–Trinajstić information content (AvgIpc) is 2.15. The fourth-order valence-corrected chi connectivity index (χ4v) is 0.981. The highest BCUT2D eigenvalue weighted by molar-refractivity contribution is 5.32. The van der Waals surface area contributed by atoms with Gasteiger partial charge in [0.05, 0.1) is 12.5 Å². The van der Waals surface area contributed by atoms with Crippen molar-refractivity contribution in [3.8, 4) is 18.0 Å². The number of aromatic nitrogens is 1. The van der Waals surface area contributed by atoms with Gasteiger partial charge in [0.2, 0.25) is 5.88 Å². The fraction of sp³-hybridized carbons (Fsp3) is 0.222. The second-order valence-corrected chi connectivity index (χ2v) is 2.69. The van der Waals surface area contributed by atoms with Gasteiger partial charge in [-0.2, -0.15) is 10.5 Å². The number of hydrogen-bond acceptors (Lipinski definition) is 4. The fourth-order valence-electron chi connectivity index (χ4n) is 0.981. The molecule has 1 aromatic rings. The molecule has 0 aliphatic heterocycles. The quantitative estimate of drug-likeness (QED) is 0.773. The summed E-state index contributed by atoms with van der Waals surface area (Å²) in [5.41, 5.74) is 0.0142. The molecule has 0 aromatic carbocycles. The van der Waals surface area contributed by atoms with Crippen molar-refractivity contribution >= 4 is 0 Å². The Kier molecular flexibility index (Phi) is 3.31. The summed E-state index contributed by atoms with van der Waals surface area (Å²) in [7, 11) is 0. The van der Waals surface area contributed by atoms with Gasteiger partial charge >= 0.3 is 6.36 Å². The molecular formula is C9H4F3N3O. The largest absolute Gasteiger partial charge is 0.574 e. The molecule has 0 atom stereocenters. The molecule has 7 heteroatoms. The summed E-state index contributed by atoms with van der Waals surface area (Å²) in [6, 6.07) is 5.53. The number of pyridine rings is 1. The number of ether oxygens (including phenoxy) is 1. The topological polar surface area (TPSA) is 69.7 Å². The maximum Gasteiger partial charge on any atom is 0.574 e. The first-order chi connectivity index (χ1) is 7.44. The molecule has 0 aliphatic rings. The zero-order valence-electron chi connectivity index (χ0n) is 7.75. The third kappa shape index (κ3) is 3.46. The minimum atomic E-state index is -4.87. The van der Waals surface area contributed by atoms with Crippen LogP contribution in [0.4, 0.5) is 13.2 Å². The lowest BCUT2D eigenvalue weighted by atomic mass is 10.2. The van der Waals surface area contributed by atoms with E-state index in [2.05, 4.69) is 9.72 Å². The van der Waals surface area contributed by atoms with Gasteiger partial charge in [-0.1, -0.05) is 0 Å². The summed E-state index contributed by atoms with van der Waals surface area (Å²) >= 11 is 0. The van der Waals surface area contributed by atoms with Crippen LogP contribution in [-0.2, 0) is 6.42 Å². The van der Waals surface area contributed by atoms with E-state index in [0.717, 1.165) is 6.07 Å². The number of hydrogen-bond donors (Lipinski definition) is 0. The number of halogens is 3. The summed E-state index contributed by atoms with van der Waals surface area (Å²) in [6.07, 6.45) is -4.99. The first kappa shape index (κ1) is 11.8. The maximum absolute atomic E-state index is 11.9. The number of alkyl halides is 3. The first-order valence-corrected chi connectivity index (χ1v) is 3.98. The Morgan fingerprint density at radius 2 is 2.00 bits per heavy atom. The SMILES string of the molecule is N#CCc1cc(C#N)nc(OC(F)(F)F)c1. The predicted octanol–water partition coefficient (Wildman–Crippen LogP) is 1.92. The van der Waals surface area contributed by atoms with Gasteiger partial charge in [-0.05, 0) is 11.6 Å². The van der Waals surface area contributed by atoms with Crippen molar-refractivity contribution in [3.05, 3.63) is 23.4 Å². The summed E-state index contributed by atoms with van der Waals surface area (Å²) < 4.78 is 39.2. The van der Waals surface area contributed by atoms with Gasteiger partial charge in [-0.25, -0.2) is 4.98 Å². The van der Waals surface area contributed by atoms with Crippen LogP contribution in [0.2, 0.25) is 0 Å². The normalized spacial score (nSPS) is 10.3. The maximum atomic E-state index is 11.9. The van der Waals surface area contributed by atoms with Gasteiger partial charge in [0.15, 0.2) is 0 Å². The zero-order chi connectivity index (χ0) is 12.2. The van der Waals surface area contributed by atoms with Crippen molar-refractivity contribution in [2.24, 2.45) is 0 Å². The summed E-state index contributed by atoms with van der Waals surface area (Å²) in [6.45, 7) is 0. The van der Waals surface area contributed by atoms with Crippen LogP contribution in [0, 0.1) is 22.7 Å². The van der Waals surface area contributed by atoms with Crippen molar-refractivity contribution in [2.45, 2.75) is 12.8 Å². The monoisotopic (exact) mass is 227 g/mol. The van der Waals surface area contributed by atoms with Crippen molar-refractivity contribution in [1.29, 1.82) is 10.5 Å². The number of rotatable bonds is 2. The Hall–Kier alpha value is -2.28. The molecule has 0 bridgehead atoms. The van der Waals surface area contributed by atoms with E-state index in [1.807, 2.05) is 0 Å². The molecule has 1 aromatic heterocycles. The molecule has 4 nitrogen and oxygen atoms in total. The van der Waals surface area contributed by atoms with E-state index >= 15 is 0 Å². The number of nitriles is 2. The third-order valence-corrected chi connectivity index (χ3v) is 1.48.